The van der Waals surface area contributed by atoms with Crippen LogP contribution in [0.1, 0.15) is 29.3 Å². The van der Waals surface area contributed by atoms with Gasteiger partial charge in [0, 0.05) is 30.1 Å². The first-order valence-electron chi connectivity index (χ1n) is 9.60. The third-order valence-electron chi connectivity index (χ3n) is 5.33. The number of aryl methyl sites for hydroxylation is 3. The van der Waals surface area contributed by atoms with E-state index in [1.165, 1.54) is 27.1 Å². The molecule has 0 aliphatic carbocycles. The number of nitrogens with one attached hydrogen (secondary N) is 1. The molecule has 0 spiro atoms. The predicted octanol–water partition coefficient (Wildman–Crippen LogP) is 4.99. The maximum Gasteiger partial charge on any atom is 0.225 e. The van der Waals surface area contributed by atoms with Crippen LogP contribution in [0.3, 0.4) is 0 Å². The van der Waals surface area contributed by atoms with Crippen LogP contribution >= 0.6 is 22.9 Å². The molecule has 6 heteroatoms. The Balaban J connectivity index is 1.97. The van der Waals surface area contributed by atoms with Crippen molar-refractivity contribution in [1.82, 2.24) is 15.3 Å². The Morgan fingerprint density at radius 3 is 2.78 bits per heavy atom. The van der Waals surface area contributed by atoms with E-state index in [1.54, 1.807) is 11.3 Å². The summed E-state index contributed by atoms with van der Waals surface area (Å²) in [5.74, 6) is 0.984. The number of fused-ring (bicyclic) bond motifs is 1. The zero-order valence-corrected chi connectivity index (χ0v) is 17.7. The van der Waals surface area contributed by atoms with Crippen LogP contribution in [0.5, 0.6) is 0 Å². The first kappa shape index (κ1) is 18.7. The van der Waals surface area contributed by atoms with Crippen molar-refractivity contribution in [2.45, 2.75) is 33.6 Å². The van der Waals surface area contributed by atoms with Crippen molar-refractivity contribution in [3.8, 4) is 11.1 Å². The Kier molecular flexibility index (Phi) is 5.35. The van der Waals surface area contributed by atoms with Crippen LogP contribution in [-0.2, 0) is 6.42 Å². The van der Waals surface area contributed by atoms with Crippen LogP contribution < -0.4 is 10.2 Å². The molecule has 1 aliphatic rings. The molecule has 0 saturated carbocycles. The molecule has 1 fully saturated rings. The summed E-state index contributed by atoms with van der Waals surface area (Å²) in [6, 6.07) is 6.73. The molecule has 3 heterocycles. The molecule has 2 aromatic heterocycles. The second-order valence-electron chi connectivity index (χ2n) is 7.14. The number of hydrogen-bond acceptors (Lipinski definition) is 5. The van der Waals surface area contributed by atoms with Crippen LogP contribution in [0.2, 0.25) is 5.28 Å². The second-order valence-corrected chi connectivity index (χ2v) is 8.56. The summed E-state index contributed by atoms with van der Waals surface area (Å²) >= 11 is 8.07. The monoisotopic (exact) mass is 400 g/mol. The van der Waals surface area contributed by atoms with E-state index in [9.17, 15) is 0 Å². The van der Waals surface area contributed by atoms with E-state index in [2.05, 4.69) is 54.2 Å². The summed E-state index contributed by atoms with van der Waals surface area (Å²) in [7, 11) is 0. The average molecular weight is 401 g/mol. The van der Waals surface area contributed by atoms with Gasteiger partial charge in [-0.2, -0.15) is 4.98 Å². The Bertz CT molecular complexity index is 974. The molecular formula is C21H25ClN4S. The van der Waals surface area contributed by atoms with Gasteiger partial charge in [-0.3, -0.25) is 0 Å². The Labute approximate surface area is 169 Å². The summed E-state index contributed by atoms with van der Waals surface area (Å²) in [4.78, 5) is 14.0. The normalized spacial score (nSPS) is 15.3. The minimum Gasteiger partial charge on any atom is -0.355 e. The fourth-order valence-electron chi connectivity index (χ4n) is 3.74. The minimum atomic E-state index is 0.338. The zero-order chi connectivity index (χ0) is 19.0. The maximum absolute atomic E-state index is 6.32. The molecule has 27 heavy (non-hydrogen) atoms. The van der Waals surface area contributed by atoms with E-state index < -0.39 is 0 Å². The summed E-state index contributed by atoms with van der Waals surface area (Å²) in [6.07, 6.45) is 2.08. The highest BCUT2D eigenvalue weighted by atomic mass is 35.5. The molecule has 4 rings (SSSR count). The second kappa shape index (κ2) is 7.74. The number of halogens is 1. The number of thiophene rings is 1. The summed E-state index contributed by atoms with van der Waals surface area (Å²) in [5, 5.41) is 4.97. The lowest BCUT2D eigenvalue weighted by molar-refractivity contribution is 0.724. The Hall–Kier alpha value is -1.69. The lowest BCUT2D eigenvalue weighted by atomic mass is 9.98. The average Bonchev–Trinajstić information content (AvgIpc) is 2.82. The van der Waals surface area contributed by atoms with Gasteiger partial charge in [0.25, 0.3) is 0 Å². The molecular weight excluding hydrogens is 376 g/mol. The number of anilines is 1. The molecule has 0 unspecified atom stereocenters. The van der Waals surface area contributed by atoms with E-state index in [1.807, 2.05) is 0 Å². The van der Waals surface area contributed by atoms with Gasteiger partial charge in [0.15, 0.2) is 0 Å². The van der Waals surface area contributed by atoms with E-state index in [-0.39, 0.29) is 0 Å². The van der Waals surface area contributed by atoms with Crippen LogP contribution in [0.15, 0.2) is 18.2 Å². The lowest BCUT2D eigenvalue weighted by Gasteiger charge is -2.22. The highest BCUT2D eigenvalue weighted by molar-refractivity contribution is 7.19. The van der Waals surface area contributed by atoms with Crippen molar-refractivity contribution < 1.29 is 0 Å². The Morgan fingerprint density at radius 2 is 2.00 bits per heavy atom. The van der Waals surface area contributed by atoms with Crippen molar-refractivity contribution in [3.63, 3.8) is 0 Å². The van der Waals surface area contributed by atoms with Gasteiger partial charge in [-0.1, -0.05) is 25.1 Å². The standard InChI is InChI=1S/C21H25ClN4S/c1-4-16-17(15-7-6-13(2)14(3)12-15)18-19(24-21(22)25-20(18)27-16)26-10-5-8-23-9-11-26/h6-7,12,23H,4-5,8-11H2,1-3H3. The minimum absolute atomic E-state index is 0.338. The first-order valence-corrected chi connectivity index (χ1v) is 10.8. The highest BCUT2D eigenvalue weighted by Crippen LogP contribution is 2.43. The predicted molar refractivity (Wildman–Crippen MR) is 116 cm³/mol. The molecule has 0 atom stereocenters. The smallest absolute Gasteiger partial charge is 0.225 e. The van der Waals surface area contributed by atoms with Gasteiger partial charge < -0.3 is 10.2 Å². The van der Waals surface area contributed by atoms with Gasteiger partial charge in [0.05, 0.1) is 5.39 Å². The molecule has 0 radical (unpaired) electrons. The molecule has 1 N–H and O–H groups in total. The molecule has 1 saturated heterocycles. The molecule has 0 bridgehead atoms. The van der Waals surface area contributed by atoms with Crippen LogP contribution in [0.25, 0.3) is 21.3 Å². The number of nitrogens with zero attached hydrogens (tertiary/aromatic N) is 3. The molecule has 142 valence electrons. The van der Waals surface area contributed by atoms with Gasteiger partial charge in [0.2, 0.25) is 5.28 Å². The Morgan fingerprint density at radius 1 is 1.15 bits per heavy atom. The van der Waals surface area contributed by atoms with Crippen LogP contribution in [0, 0.1) is 13.8 Å². The lowest BCUT2D eigenvalue weighted by Crippen LogP contribution is -2.28. The molecule has 4 nitrogen and oxygen atoms in total. The summed E-state index contributed by atoms with van der Waals surface area (Å²) in [5.41, 5.74) is 5.16. The van der Waals surface area contributed by atoms with E-state index >= 15 is 0 Å². The third kappa shape index (κ3) is 3.56. The van der Waals surface area contributed by atoms with Gasteiger partial charge in [-0.25, -0.2) is 4.98 Å². The zero-order valence-electron chi connectivity index (χ0n) is 16.1. The van der Waals surface area contributed by atoms with Crippen molar-refractivity contribution in [3.05, 3.63) is 39.5 Å². The fourth-order valence-corrected chi connectivity index (χ4v) is 5.08. The van der Waals surface area contributed by atoms with Crippen molar-refractivity contribution in [2.24, 2.45) is 0 Å². The summed E-state index contributed by atoms with van der Waals surface area (Å²) < 4.78 is 0. The highest BCUT2D eigenvalue weighted by Gasteiger charge is 2.23. The van der Waals surface area contributed by atoms with E-state index in [0.717, 1.165) is 55.1 Å². The number of rotatable bonds is 3. The van der Waals surface area contributed by atoms with Crippen LogP contribution in [0.4, 0.5) is 5.82 Å². The van der Waals surface area contributed by atoms with E-state index in [4.69, 9.17) is 16.6 Å². The molecule has 3 aromatic rings. The van der Waals surface area contributed by atoms with Crippen LogP contribution in [-0.4, -0.2) is 36.1 Å². The van der Waals surface area contributed by atoms with Gasteiger partial charge in [-0.05, 0) is 61.5 Å². The number of benzene rings is 1. The fraction of sp³-hybridized carbons (Fsp3) is 0.429. The van der Waals surface area contributed by atoms with Gasteiger partial charge in [0.1, 0.15) is 10.6 Å². The van der Waals surface area contributed by atoms with Crippen molar-refractivity contribution in [2.75, 3.05) is 31.1 Å². The summed E-state index contributed by atoms with van der Waals surface area (Å²) in [6.45, 7) is 10.5. The van der Waals surface area contributed by atoms with Crippen molar-refractivity contribution >= 4 is 39.0 Å². The molecule has 1 aliphatic heterocycles. The molecule has 0 amide bonds. The number of hydrogen-bond donors (Lipinski definition) is 1. The van der Waals surface area contributed by atoms with E-state index in [0.29, 0.717) is 5.28 Å². The van der Waals surface area contributed by atoms with Gasteiger partial charge >= 0.3 is 0 Å². The van der Waals surface area contributed by atoms with Gasteiger partial charge in [-0.15, -0.1) is 11.3 Å². The maximum atomic E-state index is 6.32. The molecule has 1 aromatic carbocycles. The third-order valence-corrected chi connectivity index (χ3v) is 6.73. The SMILES string of the molecule is CCc1sc2nc(Cl)nc(N3CCCNCC3)c2c1-c1ccc(C)c(C)c1. The van der Waals surface area contributed by atoms with Crippen molar-refractivity contribution in [1.29, 1.82) is 0 Å². The number of aromatic nitrogens is 2. The topological polar surface area (TPSA) is 41.1 Å². The largest absolute Gasteiger partial charge is 0.355 e. The quantitative estimate of drug-likeness (QED) is 0.629. The first-order chi connectivity index (χ1) is 13.1.